The van der Waals surface area contributed by atoms with E-state index in [9.17, 15) is 4.79 Å². The number of rotatable bonds is 10. The highest BCUT2D eigenvalue weighted by Crippen LogP contribution is 2.24. The van der Waals surface area contributed by atoms with Crippen LogP contribution in [-0.2, 0) is 11.3 Å². The molecule has 0 atom stereocenters. The number of nitrogens with one attached hydrogen (secondary N) is 1. The van der Waals surface area contributed by atoms with Crippen LogP contribution in [0.15, 0.2) is 120 Å². The number of benzene rings is 3. The van der Waals surface area contributed by atoms with Crippen molar-refractivity contribution < 1.29 is 4.79 Å². The van der Waals surface area contributed by atoms with Crippen molar-refractivity contribution in [3.63, 3.8) is 0 Å². The lowest BCUT2D eigenvalue weighted by atomic mass is 10.1. The number of hydrogen-bond acceptors (Lipinski definition) is 6. The normalized spacial score (nSPS) is 11.1. The van der Waals surface area contributed by atoms with E-state index in [1.165, 1.54) is 11.8 Å². The fraction of sp³-hybridized carbons (Fsp3) is 0.0690. The van der Waals surface area contributed by atoms with Crippen molar-refractivity contribution in [1.29, 1.82) is 0 Å². The zero-order valence-electron chi connectivity index (χ0n) is 20.5. The van der Waals surface area contributed by atoms with Gasteiger partial charge < -0.3 is 0 Å². The lowest BCUT2D eigenvalue weighted by Crippen LogP contribution is -2.20. The van der Waals surface area contributed by atoms with E-state index in [1.54, 1.807) is 17.0 Å². The number of hydrogen-bond donors (Lipinski definition) is 1. The van der Waals surface area contributed by atoms with Gasteiger partial charge in [-0.15, -0.1) is 16.8 Å². The van der Waals surface area contributed by atoms with E-state index in [0.29, 0.717) is 11.7 Å². The van der Waals surface area contributed by atoms with Crippen molar-refractivity contribution >= 4 is 23.9 Å². The number of aromatic nitrogens is 5. The molecule has 0 aliphatic rings. The SMILES string of the molecule is C=CCn1c(SCC(=O)N/N=C\c2cn(-c3ccccc3)nc2-c2ccccc2)nnc1-c1ccccc1. The second kappa shape index (κ2) is 12.0. The number of allylic oxidation sites excluding steroid dienone is 1. The third-order valence-electron chi connectivity index (χ3n) is 5.60. The largest absolute Gasteiger partial charge is 0.298 e. The van der Waals surface area contributed by atoms with Crippen LogP contribution < -0.4 is 5.43 Å². The molecule has 0 bridgehead atoms. The lowest BCUT2D eigenvalue weighted by molar-refractivity contribution is -0.118. The third-order valence-corrected chi connectivity index (χ3v) is 6.56. The Hall–Kier alpha value is -4.76. The Kier molecular flexibility index (Phi) is 7.86. The third kappa shape index (κ3) is 5.79. The van der Waals surface area contributed by atoms with Crippen molar-refractivity contribution in [1.82, 2.24) is 30.0 Å². The van der Waals surface area contributed by atoms with E-state index in [4.69, 9.17) is 5.10 Å². The zero-order chi connectivity index (χ0) is 26.2. The van der Waals surface area contributed by atoms with Crippen LogP contribution in [0.2, 0.25) is 0 Å². The Labute approximate surface area is 224 Å². The Morgan fingerprint density at radius 1 is 0.921 bits per heavy atom. The summed E-state index contributed by atoms with van der Waals surface area (Å²) in [7, 11) is 0. The summed E-state index contributed by atoms with van der Waals surface area (Å²) >= 11 is 1.30. The molecule has 1 N–H and O–H groups in total. The Morgan fingerprint density at radius 2 is 1.58 bits per heavy atom. The smallest absolute Gasteiger partial charge is 0.250 e. The number of para-hydroxylation sites is 1. The number of thioether (sulfide) groups is 1. The van der Waals surface area contributed by atoms with Crippen molar-refractivity contribution in [2.24, 2.45) is 5.10 Å². The van der Waals surface area contributed by atoms with Crippen LogP contribution in [0.1, 0.15) is 5.56 Å². The first-order valence-electron chi connectivity index (χ1n) is 12.0. The van der Waals surface area contributed by atoms with Gasteiger partial charge >= 0.3 is 0 Å². The van der Waals surface area contributed by atoms with Gasteiger partial charge in [-0.05, 0) is 12.1 Å². The van der Waals surface area contributed by atoms with Crippen LogP contribution in [0.4, 0.5) is 0 Å². The van der Waals surface area contributed by atoms with Crippen molar-refractivity contribution in [2.75, 3.05) is 5.75 Å². The molecule has 0 aliphatic heterocycles. The van der Waals surface area contributed by atoms with E-state index in [-0.39, 0.29) is 11.7 Å². The summed E-state index contributed by atoms with van der Waals surface area (Å²) in [6, 6.07) is 29.5. The molecule has 8 nitrogen and oxygen atoms in total. The minimum atomic E-state index is -0.252. The molecule has 0 saturated heterocycles. The highest BCUT2D eigenvalue weighted by atomic mass is 32.2. The van der Waals surface area contributed by atoms with Gasteiger partial charge in [0, 0.05) is 29.4 Å². The van der Waals surface area contributed by atoms with Gasteiger partial charge in [-0.25, -0.2) is 10.1 Å². The summed E-state index contributed by atoms with van der Waals surface area (Å²) in [5.41, 5.74) is 7.01. The molecule has 2 heterocycles. The van der Waals surface area contributed by atoms with Gasteiger partial charge in [0.2, 0.25) is 0 Å². The van der Waals surface area contributed by atoms with Crippen molar-refractivity contribution in [2.45, 2.75) is 11.7 Å². The molecule has 2 aromatic heterocycles. The molecule has 0 unspecified atom stereocenters. The van der Waals surface area contributed by atoms with E-state index in [2.05, 4.69) is 27.3 Å². The maximum absolute atomic E-state index is 12.6. The van der Waals surface area contributed by atoms with Gasteiger partial charge in [-0.3, -0.25) is 9.36 Å². The lowest BCUT2D eigenvalue weighted by Gasteiger charge is -2.07. The van der Waals surface area contributed by atoms with Crippen LogP contribution in [0, 0.1) is 0 Å². The fourth-order valence-corrected chi connectivity index (χ4v) is 4.58. The second-order valence-corrected chi connectivity index (χ2v) is 9.18. The second-order valence-electron chi connectivity index (χ2n) is 8.23. The number of nitrogens with zero attached hydrogens (tertiary/aromatic N) is 6. The maximum atomic E-state index is 12.6. The van der Waals surface area contributed by atoms with Crippen LogP contribution >= 0.6 is 11.8 Å². The molecule has 0 radical (unpaired) electrons. The summed E-state index contributed by atoms with van der Waals surface area (Å²) < 4.78 is 3.74. The van der Waals surface area contributed by atoms with Crippen LogP contribution in [-0.4, -0.2) is 42.4 Å². The fourth-order valence-electron chi connectivity index (χ4n) is 3.84. The Balaban J connectivity index is 1.28. The minimum absolute atomic E-state index is 0.135. The predicted molar refractivity (Wildman–Crippen MR) is 151 cm³/mol. The molecule has 38 heavy (non-hydrogen) atoms. The molecular formula is C29H25N7OS. The first-order chi connectivity index (χ1) is 18.7. The maximum Gasteiger partial charge on any atom is 0.250 e. The molecule has 3 aromatic carbocycles. The first kappa shape index (κ1) is 24.9. The molecule has 188 valence electrons. The molecule has 5 rings (SSSR count). The molecule has 9 heteroatoms. The highest BCUT2D eigenvalue weighted by Gasteiger charge is 2.15. The number of amides is 1. The Morgan fingerprint density at radius 3 is 2.26 bits per heavy atom. The molecular weight excluding hydrogens is 494 g/mol. The monoisotopic (exact) mass is 519 g/mol. The van der Waals surface area contributed by atoms with Gasteiger partial charge in [0.15, 0.2) is 11.0 Å². The topological polar surface area (TPSA) is 90.0 Å². The number of carbonyl (C=O) groups is 1. The standard InChI is InChI=1S/C29H25N7OS/c1-2-18-35-28(23-14-8-4-9-15-23)32-33-29(35)38-21-26(37)31-30-19-24-20-36(25-16-10-5-11-17-25)34-27(24)22-12-6-3-7-13-22/h2-17,19-20H,1,18,21H2,(H,31,37)/b30-19-. The molecule has 0 spiro atoms. The number of carbonyl (C=O) groups excluding carboxylic acids is 1. The van der Waals surface area contributed by atoms with E-state index in [1.807, 2.05) is 102 Å². The summed E-state index contributed by atoms with van der Waals surface area (Å²) in [6.07, 6.45) is 5.29. The van der Waals surface area contributed by atoms with Gasteiger partial charge in [0.1, 0.15) is 5.69 Å². The van der Waals surface area contributed by atoms with Gasteiger partial charge in [-0.1, -0.05) is 96.7 Å². The van der Waals surface area contributed by atoms with E-state index >= 15 is 0 Å². The van der Waals surface area contributed by atoms with Crippen LogP contribution in [0.5, 0.6) is 0 Å². The quantitative estimate of drug-likeness (QED) is 0.118. The van der Waals surface area contributed by atoms with Gasteiger partial charge in [-0.2, -0.15) is 10.2 Å². The molecule has 0 fully saturated rings. The van der Waals surface area contributed by atoms with Crippen molar-refractivity contribution in [3.05, 3.63) is 115 Å². The average Bonchev–Trinajstić information content (AvgIpc) is 3.58. The van der Waals surface area contributed by atoms with Gasteiger partial charge in [0.05, 0.1) is 17.7 Å². The zero-order valence-corrected chi connectivity index (χ0v) is 21.3. The van der Waals surface area contributed by atoms with E-state index in [0.717, 1.165) is 33.9 Å². The Bertz CT molecular complexity index is 1540. The average molecular weight is 520 g/mol. The molecule has 1 amide bonds. The minimum Gasteiger partial charge on any atom is -0.298 e. The van der Waals surface area contributed by atoms with Crippen molar-refractivity contribution in [3.8, 4) is 28.3 Å². The van der Waals surface area contributed by atoms with E-state index < -0.39 is 0 Å². The molecule has 0 aliphatic carbocycles. The summed E-state index contributed by atoms with van der Waals surface area (Å²) in [5.74, 6) is 0.614. The summed E-state index contributed by atoms with van der Waals surface area (Å²) in [5, 5.41) is 18.2. The van der Waals surface area contributed by atoms with Crippen LogP contribution in [0.25, 0.3) is 28.3 Å². The highest BCUT2D eigenvalue weighted by molar-refractivity contribution is 7.99. The molecule has 0 saturated carbocycles. The van der Waals surface area contributed by atoms with Crippen LogP contribution in [0.3, 0.4) is 0 Å². The first-order valence-corrected chi connectivity index (χ1v) is 13.0. The van der Waals surface area contributed by atoms with Gasteiger partial charge in [0.25, 0.3) is 5.91 Å². The summed E-state index contributed by atoms with van der Waals surface area (Å²) in [6.45, 7) is 4.37. The summed E-state index contributed by atoms with van der Waals surface area (Å²) in [4.78, 5) is 12.6. The predicted octanol–water partition coefficient (Wildman–Crippen LogP) is 5.23. The number of hydrazone groups is 1. The molecule has 5 aromatic rings.